The van der Waals surface area contributed by atoms with Gasteiger partial charge in [0.2, 0.25) is 5.95 Å². The molecule has 1 unspecified atom stereocenters. The Morgan fingerprint density at radius 2 is 1.83 bits per heavy atom. The number of ether oxygens (including phenoxy) is 2. The highest BCUT2D eigenvalue weighted by molar-refractivity contribution is 6.04. The molecule has 1 atom stereocenters. The summed E-state index contributed by atoms with van der Waals surface area (Å²) in [5.41, 5.74) is 2.26. The zero-order valence-corrected chi connectivity index (χ0v) is 24.9. The molecule has 0 aliphatic carbocycles. The van der Waals surface area contributed by atoms with Crippen molar-refractivity contribution in [1.82, 2.24) is 24.3 Å². The van der Waals surface area contributed by atoms with Crippen molar-refractivity contribution >= 4 is 29.0 Å². The lowest BCUT2D eigenvalue weighted by molar-refractivity contribution is 0.0238. The maximum Gasteiger partial charge on any atom is 0.410 e. The average Bonchev–Trinajstić information content (AvgIpc) is 3.10. The summed E-state index contributed by atoms with van der Waals surface area (Å²) < 4.78 is 14.4. The molecule has 5 rings (SSSR count). The number of aromatic nitrogens is 3. The molecule has 3 aromatic rings. The number of fused-ring (bicyclic) bond motifs is 1. The van der Waals surface area contributed by atoms with Gasteiger partial charge in [-0.05, 0) is 91.1 Å². The standard InChI is InChI=1S/C31H42N6O4/c1-21-19-22(12-15-32-21)28(38)34-29-33-25-10-8-11-26(40-24-13-17-35(5)18-14-24)27(25)37(29)23-9-6-7-16-36(20-23)30(39)41-31(2,3)4/h8,10-12,15,19,23-24H,6-7,9,13-14,16-18,20H2,1-5H3,(H,33,34,38). The Morgan fingerprint density at radius 3 is 2.56 bits per heavy atom. The van der Waals surface area contributed by atoms with Gasteiger partial charge in [-0.1, -0.05) is 6.07 Å². The largest absolute Gasteiger partial charge is 0.488 e. The fraction of sp³-hybridized carbons (Fsp3) is 0.548. The van der Waals surface area contributed by atoms with Crippen molar-refractivity contribution in [1.29, 1.82) is 0 Å². The Balaban J connectivity index is 1.54. The maximum absolute atomic E-state index is 13.4. The number of likely N-dealkylation sites (tertiary alicyclic amines) is 2. The summed E-state index contributed by atoms with van der Waals surface area (Å²) in [7, 11) is 2.13. The number of aryl methyl sites for hydroxylation is 1. The molecular weight excluding hydrogens is 520 g/mol. The Kier molecular flexibility index (Phi) is 8.49. The summed E-state index contributed by atoms with van der Waals surface area (Å²) in [5.74, 6) is 0.926. The van der Waals surface area contributed by atoms with Crippen molar-refractivity contribution < 1.29 is 19.1 Å². The average molecular weight is 563 g/mol. The van der Waals surface area contributed by atoms with Crippen LogP contribution in [-0.4, -0.2) is 81.3 Å². The molecule has 0 spiro atoms. The number of carbonyl (C=O) groups is 2. The van der Waals surface area contributed by atoms with Crippen LogP contribution in [0, 0.1) is 6.92 Å². The van der Waals surface area contributed by atoms with Crippen LogP contribution in [0.3, 0.4) is 0 Å². The number of amides is 2. The van der Waals surface area contributed by atoms with Gasteiger partial charge in [0.1, 0.15) is 23.0 Å². The molecule has 1 N–H and O–H groups in total. The number of benzene rings is 1. The van der Waals surface area contributed by atoms with E-state index < -0.39 is 5.60 Å². The van der Waals surface area contributed by atoms with Crippen LogP contribution in [-0.2, 0) is 4.74 Å². The van der Waals surface area contributed by atoms with E-state index in [1.807, 2.05) is 45.9 Å². The third kappa shape index (κ3) is 6.98. The predicted octanol–water partition coefficient (Wildman–Crippen LogP) is 5.43. The van der Waals surface area contributed by atoms with E-state index in [1.54, 1.807) is 23.2 Å². The SMILES string of the molecule is Cc1cc(C(=O)Nc2nc3cccc(OC4CCN(C)CC4)c3n2C2CCCCN(C(=O)OC(C)(C)C)C2)ccn1. The molecule has 2 aromatic heterocycles. The number of piperidine rings is 1. The van der Waals surface area contributed by atoms with Gasteiger partial charge in [-0.25, -0.2) is 9.78 Å². The maximum atomic E-state index is 13.4. The number of para-hydroxylation sites is 1. The zero-order valence-electron chi connectivity index (χ0n) is 24.9. The van der Waals surface area contributed by atoms with E-state index in [0.717, 1.165) is 67.7 Å². The van der Waals surface area contributed by atoms with Crippen molar-refractivity contribution in [2.45, 2.75) is 77.5 Å². The van der Waals surface area contributed by atoms with Crippen LogP contribution in [0.5, 0.6) is 5.75 Å². The first kappa shape index (κ1) is 28.9. The molecule has 1 aromatic carbocycles. The van der Waals surface area contributed by atoms with Gasteiger partial charge in [0.25, 0.3) is 5.91 Å². The van der Waals surface area contributed by atoms with E-state index in [-0.39, 0.29) is 24.1 Å². The second kappa shape index (κ2) is 12.1. The van der Waals surface area contributed by atoms with Crippen LogP contribution in [0.4, 0.5) is 10.7 Å². The number of nitrogens with one attached hydrogen (secondary N) is 1. The number of hydrogen-bond donors (Lipinski definition) is 1. The lowest BCUT2D eigenvalue weighted by atomic mass is 10.1. The van der Waals surface area contributed by atoms with E-state index in [9.17, 15) is 9.59 Å². The van der Waals surface area contributed by atoms with Gasteiger partial charge in [0.05, 0.1) is 11.6 Å². The van der Waals surface area contributed by atoms with Gasteiger partial charge in [0, 0.05) is 43.6 Å². The molecule has 2 aliphatic heterocycles. The summed E-state index contributed by atoms with van der Waals surface area (Å²) in [6.45, 7) is 10.5. The van der Waals surface area contributed by atoms with Crippen molar-refractivity contribution in [3.8, 4) is 5.75 Å². The minimum Gasteiger partial charge on any atom is -0.488 e. The van der Waals surface area contributed by atoms with Crippen LogP contribution in [0.2, 0.25) is 0 Å². The molecule has 2 aliphatic rings. The summed E-state index contributed by atoms with van der Waals surface area (Å²) >= 11 is 0. The number of imidazole rings is 1. The second-order valence-corrected chi connectivity index (χ2v) is 12.3. The molecule has 10 heteroatoms. The van der Waals surface area contributed by atoms with Crippen LogP contribution < -0.4 is 10.1 Å². The summed E-state index contributed by atoms with van der Waals surface area (Å²) in [5, 5.41) is 3.07. The van der Waals surface area contributed by atoms with Crippen molar-refractivity contribution in [2.75, 3.05) is 38.5 Å². The van der Waals surface area contributed by atoms with E-state index in [4.69, 9.17) is 14.5 Å². The minimum atomic E-state index is -0.586. The summed E-state index contributed by atoms with van der Waals surface area (Å²) in [4.78, 5) is 39.8. The van der Waals surface area contributed by atoms with Gasteiger partial charge in [0.15, 0.2) is 0 Å². The fourth-order valence-electron chi connectivity index (χ4n) is 5.62. The monoisotopic (exact) mass is 562 g/mol. The van der Waals surface area contributed by atoms with Crippen molar-refractivity contribution in [3.63, 3.8) is 0 Å². The van der Waals surface area contributed by atoms with Crippen LogP contribution in [0.25, 0.3) is 11.0 Å². The molecule has 0 saturated carbocycles. The van der Waals surface area contributed by atoms with Crippen LogP contribution in [0.15, 0.2) is 36.5 Å². The number of nitrogens with zero attached hydrogens (tertiary/aromatic N) is 5. The smallest absolute Gasteiger partial charge is 0.410 e. The normalized spacial score (nSPS) is 19.1. The molecule has 0 radical (unpaired) electrons. The predicted molar refractivity (Wildman–Crippen MR) is 159 cm³/mol. The van der Waals surface area contributed by atoms with Crippen LogP contribution >= 0.6 is 0 Å². The molecule has 41 heavy (non-hydrogen) atoms. The highest BCUT2D eigenvalue weighted by atomic mass is 16.6. The van der Waals surface area contributed by atoms with Gasteiger partial charge in [-0.3, -0.25) is 15.1 Å². The molecular formula is C31H42N6O4. The van der Waals surface area contributed by atoms with E-state index in [1.165, 1.54) is 0 Å². The first-order chi connectivity index (χ1) is 19.6. The third-order valence-corrected chi connectivity index (χ3v) is 7.68. The first-order valence-corrected chi connectivity index (χ1v) is 14.7. The Morgan fingerprint density at radius 1 is 1.05 bits per heavy atom. The molecule has 10 nitrogen and oxygen atoms in total. The summed E-state index contributed by atoms with van der Waals surface area (Å²) in [6, 6.07) is 9.20. The Bertz CT molecular complexity index is 1390. The molecule has 4 heterocycles. The highest BCUT2D eigenvalue weighted by Gasteiger charge is 2.31. The topological polar surface area (TPSA) is 102 Å². The summed E-state index contributed by atoms with van der Waals surface area (Å²) in [6.07, 6.45) is 5.93. The van der Waals surface area contributed by atoms with Gasteiger partial charge in [-0.2, -0.15) is 0 Å². The van der Waals surface area contributed by atoms with Gasteiger partial charge < -0.3 is 23.8 Å². The van der Waals surface area contributed by atoms with Gasteiger partial charge >= 0.3 is 6.09 Å². The molecule has 220 valence electrons. The van der Waals surface area contributed by atoms with Crippen molar-refractivity contribution in [3.05, 3.63) is 47.8 Å². The molecule has 2 fully saturated rings. The lowest BCUT2D eigenvalue weighted by Crippen LogP contribution is -2.39. The molecule has 2 amide bonds. The van der Waals surface area contributed by atoms with Crippen molar-refractivity contribution in [2.24, 2.45) is 0 Å². The number of pyridine rings is 1. The molecule has 0 bridgehead atoms. The van der Waals surface area contributed by atoms with E-state index >= 15 is 0 Å². The number of carbonyl (C=O) groups excluding carboxylic acids is 2. The number of rotatable bonds is 5. The first-order valence-electron chi connectivity index (χ1n) is 14.7. The van der Waals surface area contributed by atoms with E-state index in [2.05, 4.69) is 26.8 Å². The minimum absolute atomic E-state index is 0.102. The second-order valence-electron chi connectivity index (χ2n) is 12.3. The number of hydrogen-bond acceptors (Lipinski definition) is 7. The lowest BCUT2D eigenvalue weighted by Gasteiger charge is -2.31. The van der Waals surface area contributed by atoms with E-state index in [0.29, 0.717) is 24.6 Å². The third-order valence-electron chi connectivity index (χ3n) is 7.68. The zero-order chi connectivity index (χ0) is 29.1. The number of anilines is 1. The highest BCUT2D eigenvalue weighted by Crippen LogP contribution is 2.36. The van der Waals surface area contributed by atoms with Gasteiger partial charge in [-0.15, -0.1) is 0 Å². The quantitative estimate of drug-likeness (QED) is 0.443. The molecule has 2 saturated heterocycles. The fourth-order valence-corrected chi connectivity index (χ4v) is 5.62. The Labute approximate surface area is 242 Å². The Hall–Kier alpha value is -3.66. The van der Waals surface area contributed by atoms with Crippen LogP contribution in [0.1, 0.15) is 75.0 Å².